The summed E-state index contributed by atoms with van der Waals surface area (Å²) in [5, 5.41) is 2.84. The third-order valence-corrected chi connectivity index (χ3v) is 2.81. The second-order valence-electron chi connectivity index (χ2n) is 5.80. The molecule has 6 nitrogen and oxygen atoms in total. The van der Waals surface area contributed by atoms with Crippen molar-refractivity contribution in [1.82, 2.24) is 10.2 Å². The van der Waals surface area contributed by atoms with Crippen LogP contribution in [0.1, 0.15) is 33.6 Å². The summed E-state index contributed by atoms with van der Waals surface area (Å²) >= 11 is 0. The number of carbonyl (C=O) groups excluding carboxylic acids is 2. The number of ether oxygens (including phenoxy) is 2. The molecule has 0 radical (unpaired) electrons. The Balaban J connectivity index is 2.38. The number of piperidine rings is 1. The molecule has 0 bridgehead atoms. The summed E-state index contributed by atoms with van der Waals surface area (Å²) in [5.41, 5.74) is -0.496. The summed E-state index contributed by atoms with van der Waals surface area (Å²) in [5.74, 6) is -0.252. The van der Waals surface area contributed by atoms with Crippen LogP contribution in [0.2, 0.25) is 0 Å². The van der Waals surface area contributed by atoms with Crippen molar-refractivity contribution in [2.75, 3.05) is 26.7 Å². The van der Waals surface area contributed by atoms with Crippen LogP contribution in [0.25, 0.3) is 0 Å². The lowest BCUT2D eigenvalue weighted by Crippen LogP contribution is -2.50. The Morgan fingerprint density at radius 2 is 2.05 bits per heavy atom. The smallest absolute Gasteiger partial charge is 0.407 e. The number of amides is 1. The first-order valence-corrected chi connectivity index (χ1v) is 6.59. The molecule has 0 aliphatic carbocycles. The number of rotatable bonds is 3. The van der Waals surface area contributed by atoms with Gasteiger partial charge in [-0.15, -0.1) is 0 Å². The standard InChI is InChI=1S/C13H24N2O4/c1-13(2,3)19-12(17)14-10-6-5-7-15(8-10)9-11(16)18-4/h10H,5-9H2,1-4H3,(H,14,17)/t10-/m1/s1. The van der Waals surface area contributed by atoms with Crippen LogP contribution in [0.15, 0.2) is 0 Å². The highest BCUT2D eigenvalue weighted by Gasteiger charge is 2.25. The van der Waals surface area contributed by atoms with E-state index in [1.807, 2.05) is 25.7 Å². The number of esters is 1. The average Bonchev–Trinajstić information content (AvgIpc) is 2.26. The zero-order chi connectivity index (χ0) is 14.5. The Labute approximate surface area is 114 Å². The molecule has 1 N–H and O–H groups in total. The van der Waals surface area contributed by atoms with E-state index in [0.717, 1.165) is 19.4 Å². The van der Waals surface area contributed by atoms with E-state index in [4.69, 9.17) is 4.74 Å². The minimum atomic E-state index is -0.496. The fourth-order valence-electron chi connectivity index (χ4n) is 2.04. The third kappa shape index (κ3) is 6.42. The van der Waals surface area contributed by atoms with Gasteiger partial charge in [-0.1, -0.05) is 0 Å². The van der Waals surface area contributed by atoms with Crippen LogP contribution in [0.5, 0.6) is 0 Å². The predicted octanol–water partition coefficient (Wildman–Crippen LogP) is 1.15. The molecular weight excluding hydrogens is 248 g/mol. The molecule has 110 valence electrons. The van der Waals surface area contributed by atoms with Gasteiger partial charge in [0.05, 0.1) is 13.7 Å². The lowest BCUT2D eigenvalue weighted by atomic mass is 10.1. The normalized spacial score (nSPS) is 20.7. The van der Waals surface area contributed by atoms with Crippen LogP contribution < -0.4 is 5.32 Å². The van der Waals surface area contributed by atoms with Crippen LogP contribution in [0, 0.1) is 0 Å². The SMILES string of the molecule is COC(=O)CN1CCC[C@@H](NC(=O)OC(C)(C)C)C1. The predicted molar refractivity (Wildman–Crippen MR) is 70.8 cm³/mol. The number of hydrogen-bond acceptors (Lipinski definition) is 5. The summed E-state index contributed by atoms with van der Waals surface area (Å²) in [6, 6.07) is 0.0215. The van der Waals surface area contributed by atoms with Gasteiger partial charge in [0.15, 0.2) is 0 Å². The molecule has 0 aromatic carbocycles. The summed E-state index contributed by atoms with van der Waals surface area (Å²) in [6.07, 6.45) is 1.44. The van der Waals surface area contributed by atoms with Crippen molar-refractivity contribution >= 4 is 12.1 Å². The van der Waals surface area contributed by atoms with Crippen molar-refractivity contribution in [2.45, 2.75) is 45.3 Å². The Morgan fingerprint density at radius 3 is 2.63 bits per heavy atom. The quantitative estimate of drug-likeness (QED) is 0.781. The number of nitrogens with zero attached hydrogens (tertiary/aromatic N) is 1. The number of methoxy groups -OCH3 is 1. The fraction of sp³-hybridized carbons (Fsp3) is 0.846. The van der Waals surface area contributed by atoms with E-state index in [1.165, 1.54) is 7.11 Å². The van der Waals surface area contributed by atoms with Crippen LogP contribution in [-0.2, 0) is 14.3 Å². The molecule has 0 aromatic rings. The van der Waals surface area contributed by atoms with Crippen molar-refractivity contribution in [3.05, 3.63) is 0 Å². The van der Waals surface area contributed by atoms with E-state index in [1.54, 1.807) is 0 Å². The van der Waals surface area contributed by atoms with Crippen LogP contribution >= 0.6 is 0 Å². The van der Waals surface area contributed by atoms with E-state index in [9.17, 15) is 9.59 Å². The number of nitrogens with one attached hydrogen (secondary N) is 1. The van der Waals surface area contributed by atoms with Gasteiger partial charge >= 0.3 is 12.1 Å². The highest BCUT2D eigenvalue weighted by Crippen LogP contribution is 2.12. The monoisotopic (exact) mass is 272 g/mol. The first-order valence-electron chi connectivity index (χ1n) is 6.59. The highest BCUT2D eigenvalue weighted by molar-refractivity contribution is 5.71. The van der Waals surface area contributed by atoms with E-state index in [0.29, 0.717) is 6.54 Å². The molecule has 1 aliphatic heterocycles. The van der Waals surface area contributed by atoms with Crippen molar-refractivity contribution in [1.29, 1.82) is 0 Å². The van der Waals surface area contributed by atoms with Gasteiger partial charge in [0, 0.05) is 12.6 Å². The molecule has 1 atom stereocenters. The number of alkyl carbamates (subject to hydrolysis) is 1. The number of likely N-dealkylation sites (tertiary alicyclic amines) is 1. The second kappa shape index (κ2) is 6.75. The van der Waals surface area contributed by atoms with Gasteiger partial charge < -0.3 is 14.8 Å². The van der Waals surface area contributed by atoms with E-state index < -0.39 is 11.7 Å². The Kier molecular flexibility index (Phi) is 5.60. The van der Waals surface area contributed by atoms with Gasteiger partial charge in [0.25, 0.3) is 0 Å². The average molecular weight is 272 g/mol. The largest absolute Gasteiger partial charge is 0.468 e. The molecule has 1 heterocycles. The minimum absolute atomic E-state index is 0.0215. The van der Waals surface area contributed by atoms with Gasteiger partial charge in [0.2, 0.25) is 0 Å². The fourth-order valence-corrected chi connectivity index (χ4v) is 2.04. The van der Waals surface area contributed by atoms with E-state index >= 15 is 0 Å². The van der Waals surface area contributed by atoms with E-state index in [-0.39, 0.29) is 18.6 Å². The molecule has 0 aromatic heterocycles. The maximum absolute atomic E-state index is 11.7. The zero-order valence-corrected chi connectivity index (χ0v) is 12.2. The molecule has 0 saturated carbocycles. The van der Waals surface area contributed by atoms with E-state index in [2.05, 4.69) is 10.1 Å². The second-order valence-corrected chi connectivity index (χ2v) is 5.80. The Hall–Kier alpha value is -1.30. The molecular formula is C13H24N2O4. The maximum Gasteiger partial charge on any atom is 0.407 e. The topological polar surface area (TPSA) is 67.9 Å². The molecule has 1 fully saturated rings. The van der Waals surface area contributed by atoms with Crippen LogP contribution in [0.4, 0.5) is 4.79 Å². The third-order valence-electron chi connectivity index (χ3n) is 2.81. The van der Waals surface area contributed by atoms with Gasteiger partial charge in [-0.2, -0.15) is 0 Å². The number of hydrogen-bond donors (Lipinski definition) is 1. The van der Waals surface area contributed by atoms with Crippen LogP contribution in [-0.4, -0.2) is 55.3 Å². The molecule has 1 aliphatic rings. The Morgan fingerprint density at radius 1 is 1.37 bits per heavy atom. The highest BCUT2D eigenvalue weighted by atomic mass is 16.6. The van der Waals surface area contributed by atoms with Crippen molar-refractivity contribution < 1.29 is 19.1 Å². The molecule has 1 amide bonds. The zero-order valence-electron chi connectivity index (χ0n) is 12.2. The molecule has 0 unspecified atom stereocenters. The van der Waals surface area contributed by atoms with Gasteiger partial charge in [-0.3, -0.25) is 9.69 Å². The van der Waals surface area contributed by atoms with Crippen molar-refractivity contribution in [3.8, 4) is 0 Å². The molecule has 6 heteroatoms. The van der Waals surface area contributed by atoms with Gasteiger partial charge in [-0.25, -0.2) is 4.79 Å². The summed E-state index contributed by atoms with van der Waals surface area (Å²) < 4.78 is 9.86. The van der Waals surface area contributed by atoms with Gasteiger partial charge in [0.1, 0.15) is 5.60 Å². The summed E-state index contributed by atoms with van der Waals surface area (Å²) in [6.45, 7) is 7.25. The first-order chi connectivity index (χ1) is 8.80. The lowest BCUT2D eigenvalue weighted by molar-refractivity contribution is -0.142. The minimum Gasteiger partial charge on any atom is -0.468 e. The number of carbonyl (C=O) groups is 2. The van der Waals surface area contributed by atoms with Crippen molar-refractivity contribution in [3.63, 3.8) is 0 Å². The molecule has 1 saturated heterocycles. The molecule has 0 spiro atoms. The molecule has 1 rings (SSSR count). The molecule has 19 heavy (non-hydrogen) atoms. The lowest BCUT2D eigenvalue weighted by Gasteiger charge is -2.32. The summed E-state index contributed by atoms with van der Waals surface area (Å²) in [4.78, 5) is 24.9. The van der Waals surface area contributed by atoms with Crippen LogP contribution in [0.3, 0.4) is 0 Å². The Bertz CT molecular complexity index is 325. The maximum atomic E-state index is 11.7. The first kappa shape index (κ1) is 15.8. The van der Waals surface area contributed by atoms with Gasteiger partial charge in [-0.05, 0) is 40.2 Å². The summed E-state index contributed by atoms with van der Waals surface area (Å²) in [7, 11) is 1.38. The van der Waals surface area contributed by atoms with Crippen molar-refractivity contribution in [2.24, 2.45) is 0 Å².